The second kappa shape index (κ2) is 16.4. The summed E-state index contributed by atoms with van der Waals surface area (Å²) in [6, 6.07) is 0. The second-order valence-electron chi connectivity index (χ2n) is 4.18. The zero-order valence-electron chi connectivity index (χ0n) is 11.3. The van der Waals surface area contributed by atoms with Crippen LogP contribution < -0.4 is 11.3 Å². The van der Waals surface area contributed by atoms with Crippen LogP contribution in [0.1, 0.15) is 72.6 Å². The van der Waals surface area contributed by atoms with Crippen molar-refractivity contribution in [3.63, 3.8) is 0 Å². The van der Waals surface area contributed by atoms with Crippen molar-refractivity contribution in [3.8, 4) is 0 Å². The van der Waals surface area contributed by atoms with Gasteiger partial charge in [-0.1, -0.05) is 66.2 Å². The van der Waals surface area contributed by atoms with Crippen LogP contribution in [-0.4, -0.2) is 6.54 Å². The van der Waals surface area contributed by atoms with Crippen molar-refractivity contribution < 1.29 is 0 Å². The van der Waals surface area contributed by atoms with Gasteiger partial charge in [-0.3, -0.25) is 11.3 Å². The summed E-state index contributed by atoms with van der Waals surface area (Å²) in [6.07, 6.45) is 9.26. The third kappa shape index (κ3) is 16.6. The lowest BCUT2D eigenvalue weighted by atomic mass is 10.00. The summed E-state index contributed by atoms with van der Waals surface area (Å²) in [5.74, 6) is 6.01. The number of hydrogen-bond donors (Lipinski definition) is 2. The Morgan fingerprint density at radius 1 is 0.933 bits per heavy atom. The zero-order chi connectivity index (χ0) is 11.9. The van der Waals surface area contributed by atoms with E-state index in [1.165, 1.54) is 44.9 Å². The molecule has 0 saturated carbocycles. The Bertz CT molecular complexity index is 92.5. The van der Waals surface area contributed by atoms with Gasteiger partial charge in [-0.15, -0.1) is 0 Å². The summed E-state index contributed by atoms with van der Waals surface area (Å²) in [5.41, 5.74) is 2.73. The van der Waals surface area contributed by atoms with Gasteiger partial charge in [-0.2, -0.15) is 0 Å². The van der Waals surface area contributed by atoms with Crippen molar-refractivity contribution in [2.45, 2.75) is 72.6 Å². The standard InChI is InChI=1S/C8H20N2.C5H12/c1-3-5-6-8(4-2)7-10-9;1-3-5-4-2/h8,10H,3-7,9H2,1-2H3;3-5H2,1-2H3. The predicted octanol–water partition coefficient (Wildman–Crippen LogP) is 3.86. The van der Waals surface area contributed by atoms with E-state index in [2.05, 4.69) is 33.1 Å². The molecule has 0 radical (unpaired) electrons. The highest BCUT2D eigenvalue weighted by Crippen LogP contribution is 2.10. The molecule has 0 saturated heterocycles. The minimum absolute atomic E-state index is 0.782. The van der Waals surface area contributed by atoms with Crippen LogP contribution in [0, 0.1) is 5.92 Å². The average Bonchev–Trinajstić information content (AvgIpc) is 2.26. The van der Waals surface area contributed by atoms with Crippen LogP contribution in [0.2, 0.25) is 0 Å². The van der Waals surface area contributed by atoms with Crippen LogP contribution in [0.5, 0.6) is 0 Å². The number of nitrogens with two attached hydrogens (primary N) is 1. The molecule has 0 aromatic rings. The van der Waals surface area contributed by atoms with E-state index in [4.69, 9.17) is 5.84 Å². The summed E-state index contributed by atoms with van der Waals surface area (Å²) < 4.78 is 0. The minimum Gasteiger partial charge on any atom is -0.271 e. The Morgan fingerprint density at radius 2 is 1.47 bits per heavy atom. The smallest absolute Gasteiger partial charge is 0.0126 e. The van der Waals surface area contributed by atoms with E-state index in [1.54, 1.807) is 0 Å². The van der Waals surface area contributed by atoms with Crippen molar-refractivity contribution in [2.24, 2.45) is 11.8 Å². The third-order valence-corrected chi connectivity index (χ3v) is 2.66. The van der Waals surface area contributed by atoms with E-state index < -0.39 is 0 Å². The number of hydrogen-bond acceptors (Lipinski definition) is 2. The van der Waals surface area contributed by atoms with Crippen LogP contribution >= 0.6 is 0 Å². The number of rotatable bonds is 8. The lowest BCUT2D eigenvalue weighted by Crippen LogP contribution is -2.28. The second-order valence-corrected chi connectivity index (χ2v) is 4.18. The highest BCUT2D eigenvalue weighted by atomic mass is 15.2. The predicted molar refractivity (Wildman–Crippen MR) is 70.7 cm³/mol. The average molecular weight is 216 g/mol. The molecule has 0 bridgehead atoms. The Kier molecular flexibility index (Phi) is 18.9. The first-order chi connectivity index (χ1) is 7.26. The largest absolute Gasteiger partial charge is 0.271 e. The Morgan fingerprint density at radius 3 is 1.73 bits per heavy atom. The molecule has 3 N–H and O–H groups in total. The summed E-state index contributed by atoms with van der Waals surface area (Å²) >= 11 is 0. The molecule has 0 aliphatic rings. The molecule has 0 rings (SSSR count). The zero-order valence-corrected chi connectivity index (χ0v) is 11.3. The van der Waals surface area contributed by atoms with Crippen molar-refractivity contribution in [3.05, 3.63) is 0 Å². The first kappa shape index (κ1) is 17.3. The molecule has 2 heteroatoms. The van der Waals surface area contributed by atoms with E-state index in [-0.39, 0.29) is 0 Å². The Balaban J connectivity index is 0. The summed E-state index contributed by atoms with van der Waals surface area (Å²) in [7, 11) is 0. The maximum absolute atomic E-state index is 5.23. The van der Waals surface area contributed by atoms with Gasteiger partial charge in [0.2, 0.25) is 0 Å². The molecule has 0 spiro atoms. The molecule has 0 heterocycles. The van der Waals surface area contributed by atoms with Gasteiger partial charge in [0.05, 0.1) is 0 Å². The first-order valence-corrected chi connectivity index (χ1v) is 6.70. The molecular formula is C13H32N2. The monoisotopic (exact) mass is 216 g/mol. The molecule has 0 aliphatic carbocycles. The van der Waals surface area contributed by atoms with Crippen molar-refractivity contribution >= 4 is 0 Å². The van der Waals surface area contributed by atoms with E-state index in [9.17, 15) is 0 Å². The lowest BCUT2D eigenvalue weighted by Gasteiger charge is -2.12. The molecule has 15 heavy (non-hydrogen) atoms. The molecule has 0 aliphatic heterocycles. The van der Waals surface area contributed by atoms with Gasteiger partial charge >= 0.3 is 0 Å². The van der Waals surface area contributed by atoms with Gasteiger partial charge in [-0.25, -0.2) is 0 Å². The fourth-order valence-electron chi connectivity index (χ4n) is 1.46. The summed E-state index contributed by atoms with van der Waals surface area (Å²) in [5, 5.41) is 0. The van der Waals surface area contributed by atoms with Gasteiger partial charge in [-0.05, 0) is 12.3 Å². The molecule has 94 valence electrons. The van der Waals surface area contributed by atoms with Gasteiger partial charge in [0.15, 0.2) is 0 Å². The van der Waals surface area contributed by atoms with Crippen LogP contribution in [0.3, 0.4) is 0 Å². The fraction of sp³-hybridized carbons (Fsp3) is 1.00. The van der Waals surface area contributed by atoms with Gasteiger partial charge < -0.3 is 0 Å². The van der Waals surface area contributed by atoms with E-state index in [0.717, 1.165) is 12.5 Å². The van der Waals surface area contributed by atoms with E-state index in [1.807, 2.05) is 0 Å². The van der Waals surface area contributed by atoms with Crippen LogP contribution in [-0.2, 0) is 0 Å². The number of nitrogens with one attached hydrogen (secondary N) is 1. The molecule has 0 aromatic heterocycles. The maximum atomic E-state index is 5.23. The molecule has 2 nitrogen and oxygen atoms in total. The minimum atomic E-state index is 0.782. The van der Waals surface area contributed by atoms with Crippen LogP contribution in [0.4, 0.5) is 0 Å². The Labute approximate surface area is 97.0 Å². The Hall–Kier alpha value is -0.0800. The summed E-state index contributed by atoms with van der Waals surface area (Å²) in [4.78, 5) is 0. The molecule has 0 fully saturated rings. The van der Waals surface area contributed by atoms with Crippen molar-refractivity contribution in [2.75, 3.05) is 6.54 Å². The SMILES string of the molecule is CCCCC.CCCCC(CC)CNN. The molecule has 1 unspecified atom stereocenters. The number of hydrazine groups is 1. The quantitative estimate of drug-likeness (QED) is 0.477. The highest BCUT2D eigenvalue weighted by Gasteiger charge is 2.02. The van der Waals surface area contributed by atoms with Crippen LogP contribution in [0.25, 0.3) is 0 Å². The highest BCUT2D eigenvalue weighted by molar-refractivity contribution is 4.57. The number of unbranched alkanes of at least 4 members (excludes halogenated alkanes) is 3. The van der Waals surface area contributed by atoms with Gasteiger partial charge in [0.25, 0.3) is 0 Å². The molecule has 0 aromatic carbocycles. The first-order valence-electron chi connectivity index (χ1n) is 6.70. The lowest BCUT2D eigenvalue weighted by molar-refractivity contribution is 0.424. The topological polar surface area (TPSA) is 38.0 Å². The van der Waals surface area contributed by atoms with Crippen LogP contribution in [0.15, 0.2) is 0 Å². The van der Waals surface area contributed by atoms with Crippen molar-refractivity contribution in [1.29, 1.82) is 0 Å². The molecule has 1 atom stereocenters. The normalized spacial score (nSPS) is 11.8. The van der Waals surface area contributed by atoms with Gasteiger partial charge in [0, 0.05) is 6.54 Å². The van der Waals surface area contributed by atoms with E-state index in [0.29, 0.717) is 0 Å². The third-order valence-electron chi connectivity index (χ3n) is 2.66. The molecule has 0 amide bonds. The van der Waals surface area contributed by atoms with Gasteiger partial charge in [0.1, 0.15) is 0 Å². The molecular weight excluding hydrogens is 184 g/mol. The fourth-order valence-corrected chi connectivity index (χ4v) is 1.46. The van der Waals surface area contributed by atoms with Crippen molar-refractivity contribution in [1.82, 2.24) is 5.43 Å². The summed E-state index contributed by atoms with van der Waals surface area (Å²) in [6.45, 7) is 9.84. The maximum Gasteiger partial charge on any atom is 0.0126 e. The van der Waals surface area contributed by atoms with E-state index >= 15 is 0 Å².